The van der Waals surface area contributed by atoms with Crippen LogP contribution in [0.5, 0.6) is 0 Å². The van der Waals surface area contributed by atoms with E-state index in [9.17, 15) is 4.79 Å². The molecular weight excluding hydrogens is 290 g/mol. The Bertz CT molecular complexity index is 758. The Kier molecular flexibility index (Phi) is 4.20. The predicted molar refractivity (Wildman–Crippen MR) is 86.3 cm³/mol. The van der Waals surface area contributed by atoms with E-state index in [-0.39, 0.29) is 5.91 Å². The molecule has 0 saturated carbocycles. The third kappa shape index (κ3) is 3.46. The summed E-state index contributed by atoms with van der Waals surface area (Å²) >= 11 is 0. The van der Waals surface area contributed by atoms with Gasteiger partial charge in [0.1, 0.15) is 5.69 Å². The molecule has 116 valence electrons. The minimum atomic E-state index is -0.0455. The molecule has 6 nitrogen and oxygen atoms in total. The summed E-state index contributed by atoms with van der Waals surface area (Å²) in [6.45, 7) is 3.42. The Hall–Kier alpha value is -2.94. The molecule has 6 heteroatoms. The van der Waals surface area contributed by atoms with Gasteiger partial charge in [0, 0.05) is 24.5 Å². The van der Waals surface area contributed by atoms with Crippen LogP contribution in [0, 0.1) is 18.3 Å². The minimum Gasteiger partial charge on any atom is -0.337 e. The van der Waals surface area contributed by atoms with Gasteiger partial charge >= 0.3 is 0 Å². The summed E-state index contributed by atoms with van der Waals surface area (Å²) in [5, 5.41) is 11.9. The third-order valence-electron chi connectivity index (χ3n) is 3.74. The fourth-order valence-corrected chi connectivity index (χ4v) is 2.57. The Morgan fingerprint density at radius 2 is 1.91 bits per heavy atom. The molecule has 1 N–H and O–H groups in total. The van der Waals surface area contributed by atoms with Gasteiger partial charge in [0.25, 0.3) is 5.91 Å². The van der Waals surface area contributed by atoms with Gasteiger partial charge in [0.15, 0.2) is 0 Å². The van der Waals surface area contributed by atoms with Crippen molar-refractivity contribution < 1.29 is 4.79 Å². The summed E-state index contributed by atoms with van der Waals surface area (Å²) in [5.74, 6) is 0.341. The second-order valence-corrected chi connectivity index (χ2v) is 5.53. The number of rotatable bonds is 3. The van der Waals surface area contributed by atoms with Crippen LogP contribution < -0.4 is 5.32 Å². The number of benzene rings is 1. The first kappa shape index (κ1) is 15.0. The van der Waals surface area contributed by atoms with Crippen LogP contribution in [0.25, 0.3) is 0 Å². The summed E-state index contributed by atoms with van der Waals surface area (Å²) < 4.78 is 0. The Labute approximate surface area is 134 Å². The second-order valence-electron chi connectivity index (χ2n) is 5.53. The van der Waals surface area contributed by atoms with Gasteiger partial charge in [-0.1, -0.05) is 0 Å². The normalized spacial score (nSPS) is 13.7. The molecule has 2 heterocycles. The highest BCUT2D eigenvalue weighted by molar-refractivity contribution is 5.92. The van der Waals surface area contributed by atoms with Crippen molar-refractivity contribution in [3.63, 3.8) is 0 Å². The van der Waals surface area contributed by atoms with Gasteiger partial charge in [-0.05, 0) is 50.1 Å². The Balaban J connectivity index is 1.82. The van der Waals surface area contributed by atoms with Gasteiger partial charge in [-0.15, -0.1) is 0 Å². The maximum Gasteiger partial charge on any atom is 0.272 e. The lowest BCUT2D eigenvalue weighted by Crippen LogP contribution is -2.28. The second kappa shape index (κ2) is 6.44. The molecule has 1 amide bonds. The lowest BCUT2D eigenvalue weighted by atomic mass is 10.2. The van der Waals surface area contributed by atoms with E-state index in [0.29, 0.717) is 17.2 Å². The number of aryl methyl sites for hydroxylation is 1. The van der Waals surface area contributed by atoms with Gasteiger partial charge in [-0.25, -0.2) is 9.97 Å². The fourth-order valence-electron chi connectivity index (χ4n) is 2.57. The van der Waals surface area contributed by atoms with Crippen LogP contribution in [-0.2, 0) is 0 Å². The number of hydrogen-bond acceptors (Lipinski definition) is 5. The molecule has 1 aliphatic rings. The van der Waals surface area contributed by atoms with E-state index >= 15 is 0 Å². The molecule has 2 aromatic rings. The Morgan fingerprint density at radius 3 is 2.57 bits per heavy atom. The summed E-state index contributed by atoms with van der Waals surface area (Å²) in [7, 11) is 0. The number of aromatic nitrogens is 2. The monoisotopic (exact) mass is 307 g/mol. The van der Waals surface area contributed by atoms with Crippen LogP contribution in [0.2, 0.25) is 0 Å². The highest BCUT2D eigenvalue weighted by Crippen LogP contribution is 2.17. The topological polar surface area (TPSA) is 81.9 Å². The molecule has 0 aliphatic carbocycles. The molecule has 0 spiro atoms. The smallest absolute Gasteiger partial charge is 0.272 e. The summed E-state index contributed by atoms with van der Waals surface area (Å²) in [6, 6.07) is 10.8. The number of nitrogens with one attached hydrogen (secondary N) is 1. The zero-order valence-corrected chi connectivity index (χ0v) is 12.9. The van der Waals surface area contributed by atoms with E-state index in [1.807, 2.05) is 11.8 Å². The van der Waals surface area contributed by atoms with E-state index in [4.69, 9.17) is 5.26 Å². The molecule has 1 fully saturated rings. The Morgan fingerprint density at radius 1 is 1.22 bits per heavy atom. The quantitative estimate of drug-likeness (QED) is 0.942. The van der Waals surface area contributed by atoms with Crippen molar-refractivity contribution >= 4 is 17.5 Å². The van der Waals surface area contributed by atoms with Crippen molar-refractivity contribution in [2.45, 2.75) is 19.8 Å². The summed E-state index contributed by atoms with van der Waals surface area (Å²) in [4.78, 5) is 22.9. The van der Waals surface area contributed by atoms with Gasteiger partial charge in [0.2, 0.25) is 5.95 Å². The summed E-state index contributed by atoms with van der Waals surface area (Å²) in [5.41, 5.74) is 2.51. The molecule has 1 aliphatic heterocycles. The first-order valence-corrected chi connectivity index (χ1v) is 7.58. The van der Waals surface area contributed by atoms with Gasteiger partial charge in [-0.3, -0.25) is 4.79 Å². The molecule has 0 radical (unpaired) electrons. The molecule has 0 unspecified atom stereocenters. The first-order chi connectivity index (χ1) is 11.2. The average Bonchev–Trinajstić information content (AvgIpc) is 3.09. The maximum absolute atomic E-state index is 12.5. The van der Waals surface area contributed by atoms with E-state index in [0.717, 1.165) is 37.3 Å². The van der Waals surface area contributed by atoms with Crippen molar-refractivity contribution in [1.29, 1.82) is 5.26 Å². The van der Waals surface area contributed by atoms with Crippen LogP contribution in [-0.4, -0.2) is 33.9 Å². The van der Waals surface area contributed by atoms with Crippen LogP contribution in [0.1, 0.15) is 34.6 Å². The van der Waals surface area contributed by atoms with E-state index < -0.39 is 0 Å². The predicted octanol–water partition coefficient (Wildman–Crippen LogP) is 2.64. The minimum absolute atomic E-state index is 0.0455. The third-order valence-corrected chi connectivity index (χ3v) is 3.74. The number of hydrogen-bond donors (Lipinski definition) is 1. The zero-order chi connectivity index (χ0) is 16.2. The molecule has 1 aromatic carbocycles. The number of carbonyl (C=O) groups is 1. The molecule has 0 atom stereocenters. The van der Waals surface area contributed by atoms with E-state index in [1.54, 1.807) is 30.3 Å². The number of carbonyl (C=O) groups excluding carboxylic acids is 1. The van der Waals surface area contributed by atoms with Crippen LogP contribution in [0.3, 0.4) is 0 Å². The molecule has 3 rings (SSSR count). The number of anilines is 2. The van der Waals surface area contributed by atoms with Crippen molar-refractivity contribution in [3.8, 4) is 6.07 Å². The van der Waals surface area contributed by atoms with Crippen molar-refractivity contribution in [2.75, 3.05) is 18.4 Å². The van der Waals surface area contributed by atoms with Crippen molar-refractivity contribution in [2.24, 2.45) is 0 Å². The highest BCUT2D eigenvalue weighted by Gasteiger charge is 2.21. The molecule has 1 aromatic heterocycles. The van der Waals surface area contributed by atoms with Gasteiger partial charge in [0.05, 0.1) is 11.6 Å². The van der Waals surface area contributed by atoms with E-state index in [1.165, 1.54) is 0 Å². The fraction of sp³-hybridized carbons (Fsp3) is 0.294. The number of amides is 1. The number of likely N-dealkylation sites (tertiary alicyclic amines) is 1. The SMILES string of the molecule is Cc1cc(C(=O)N2CCCC2)nc(Nc2ccc(C#N)cc2)n1. The van der Waals surface area contributed by atoms with Crippen molar-refractivity contribution in [1.82, 2.24) is 14.9 Å². The lowest BCUT2D eigenvalue weighted by molar-refractivity contribution is 0.0787. The van der Waals surface area contributed by atoms with Gasteiger partial charge in [-0.2, -0.15) is 5.26 Å². The lowest BCUT2D eigenvalue weighted by Gasteiger charge is -2.15. The first-order valence-electron chi connectivity index (χ1n) is 7.58. The van der Waals surface area contributed by atoms with Crippen LogP contribution in [0.15, 0.2) is 30.3 Å². The summed E-state index contributed by atoms with van der Waals surface area (Å²) in [6.07, 6.45) is 2.10. The molecule has 1 saturated heterocycles. The largest absolute Gasteiger partial charge is 0.337 e. The average molecular weight is 307 g/mol. The number of nitrogens with zero attached hydrogens (tertiary/aromatic N) is 4. The molecular formula is C17H17N5O. The molecule has 23 heavy (non-hydrogen) atoms. The van der Waals surface area contributed by atoms with Crippen LogP contribution in [0.4, 0.5) is 11.6 Å². The van der Waals surface area contributed by atoms with Gasteiger partial charge < -0.3 is 10.2 Å². The standard InChI is InChI=1S/C17H17N5O/c1-12-10-15(16(23)22-8-2-3-9-22)21-17(19-12)20-14-6-4-13(11-18)5-7-14/h4-7,10H,2-3,8-9H2,1H3,(H,19,20,21). The van der Waals surface area contributed by atoms with Crippen LogP contribution >= 0.6 is 0 Å². The highest BCUT2D eigenvalue weighted by atomic mass is 16.2. The van der Waals surface area contributed by atoms with Crippen molar-refractivity contribution in [3.05, 3.63) is 47.3 Å². The molecule has 0 bridgehead atoms. The maximum atomic E-state index is 12.5. The van der Waals surface area contributed by atoms with E-state index in [2.05, 4.69) is 21.4 Å². The zero-order valence-electron chi connectivity index (χ0n) is 12.9. The number of nitriles is 1.